The fourth-order valence-corrected chi connectivity index (χ4v) is 2.09. The predicted octanol–water partition coefficient (Wildman–Crippen LogP) is 2.74. The van der Waals surface area contributed by atoms with Crippen molar-refractivity contribution in [3.8, 4) is 11.8 Å². The first-order valence-corrected chi connectivity index (χ1v) is 8.36. The summed E-state index contributed by atoms with van der Waals surface area (Å²) in [5.41, 5.74) is 0.114. The molecule has 1 aromatic carbocycles. The molecule has 0 atom stereocenters. The zero-order chi connectivity index (χ0) is 16.9. The monoisotopic (exact) mass is 330 g/mol. The van der Waals surface area contributed by atoms with E-state index in [-0.39, 0.29) is 22.7 Å². The van der Waals surface area contributed by atoms with Crippen molar-refractivity contribution >= 4 is 27.4 Å². The Kier molecular flexibility index (Phi) is 5.82. The van der Waals surface area contributed by atoms with Gasteiger partial charge in [0, 0.05) is 42.4 Å². The number of nitriles is 1. The van der Waals surface area contributed by atoms with E-state index in [1.54, 1.807) is 25.1 Å². The number of benzene rings is 1. The van der Waals surface area contributed by atoms with Gasteiger partial charge < -0.3 is 9.64 Å². The molecule has 0 aliphatic rings. The molecule has 0 amide bonds. The van der Waals surface area contributed by atoms with Gasteiger partial charge in [0.1, 0.15) is 17.4 Å². The maximum absolute atomic E-state index is 12.5. The van der Waals surface area contributed by atoms with Crippen molar-refractivity contribution in [2.45, 2.75) is 6.61 Å². The highest BCUT2D eigenvalue weighted by Crippen LogP contribution is 2.35. The van der Waals surface area contributed by atoms with Gasteiger partial charge in [-0.1, -0.05) is 0 Å². The lowest BCUT2D eigenvalue weighted by molar-refractivity contribution is -0.0499. The van der Waals surface area contributed by atoms with E-state index in [4.69, 9.17) is 5.26 Å². The van der Waals surface area contributed by atoms with Gasteiger partial charge in [-0.05, 0) is 6.07 Å². The van der Waals surface area contributed by atoms with Gasteiger partial charge in [-0.3, -0.25) is 0 Å². The minimum absolute atomic E-state index is 0.108. The van der Waals surface area contributed by atoms with Crippen molar-refractivity contribution in [3.05, 3.63) is 17.7 Å². The van der Waals surface area contributed by atoms with Crippen LogP contribution in [0.5, 0.6) is 5.75 Å². The maximum atomic E-state index is 12.5. The van der Waals surface area contributed by atoms with E-state index in [1.165, 1.54) is 24.9 Å². The van der Waals surface area contributed by atoms with Crippen molar-refractivity contribution in [1.29, 1.82) is 5.26 Å². The van der Waals surface area contributed by atoms with Crippen LogP contribution in [0, 0.1) is 11.3 Å². The van der Waals surface area contributed by atoms with Crippen LogP contribution in [0.3, 0.4) is 0 Å². The van der Waals surface area contributed by atoms with Crippen LogP contribution in [0.25, 0.3) is 0 Å². The number of rotatable bonds is 5. The van der Waals surface area contributed by atoms with Gasteiger partial charge in [0.05, 0.1) is 17.7 Å². The summed E-state index contributed by atoms with van der Waals surface area (Å²) in [5, 5.41) is 9.15. The number of halogens is 2. The smallest absolute Gasteiger partial charge is 0.387 e. The summed E-state index contributed by atoms with van der Waals surface area (Å²) in [6.07, 6.45) is 4.21. The van der Waals surface area contributed by atoms with Crippen LogP contribution in [0.2, 0.25) is 0 Å². The highest BCUT2D eigenvalue weighted by molar-refractivity contribution is 7.92. The second kappa shape index (κ2) is 7.17. The number of hydrogen-bond acceptors (Lipinski definition) is 5. The summed E-state index contributed by atoms with van der Waals surface area (Å²) in [7, 11) is 0.924. The van der Waals surface area contributed by atoms with Crippen molar-refractivity contribution in [3.63, 3.8) is 0 Å². The molecule has 0 bridgehead atoms. The summed E-state index contributed by atoms with van der Waals surface area (Å²) >= 11 is 0. The lowest BCUT2D eigenvalue weighted by Gasteiger charge is -2.10. The summed E-state index contributed by atoms with van der Waals surface area (Å²) in [6, 6.07) is 4.32. The van der Waals surface area contributed by atoms with Crippen molar-refractivity contribution in [1.82, 2.24) is 4.90 Å². The predicted molar refractivity (Wildman–Crippen MR) is 81.7 cm³/mol. The minimum atomic E-state index is -3.10. The van der Waals surface area contributed by atoms with Gasteiger partial charge in [-0.15, -0.1) is 0 Å². The highest BCUT2D eigenvalue weighted by Gasteiger charge is 2.15. The van der Waals surface area contributed by atoms with Gasteiger partial charge in [0.15, 0.2) is 0 Å². The maximum Gasteiger partial charge on any atom is 0.387 e. The molecular weight excluding hydrogens is 314 g/mol. The van der Waals surface area contributed by atoms with Crippen molar-refractivity contribution < 1.29 is 17.7 Å². The Bertz CT molecular complexity index is 724. The first-order chi connectivity index (χ1) is 10.1. The molecule has 0 radical (unpaired) electrons. The molecule has 0 aromatic heterocycles. The fourth-order valence-electron chi connectivity index (χ4n) is 1.47. The third-order valence-electron chi connectivity index (χ3n) is 2.15. The molecule has 0 unspecified atom stereocenters. The Morgan fingerprint density at radius 3 is 2.50 bits per heavy atom. The van der Waals surface area contributed by atoms with E-state index >= 15 is 0 Å². The molecule has 0 N–H and O–H groups in total. The minimum Gasteiger partial charge on any atom is -0.433 e. The number of alkyl halides is 2. The number of nitrogens with zero attached hydrogens (tertiary/aromatic N) is 4. The van der Waals surface area contributed by atoms with E-state index in [9.17, 15) is 13.0 Å². The summed E-state index contributed by atoms with van der Waals surface area (Å²) in [4.78, 5) is 5.65. The summed E-state index contributed by atoms with van der Waals surface area (Å²) in [5.74, 6) is -0.353. The molecule has 0 heterocycles. The molecule has 1 aromatic rings. The van der Waals surface area contributed by atoms with E-state index < -0.39 is 16.3 Å². The van der Waals surface area contributed by atoms with Gasteiger partial charge in [-0.25, -0.2) is 9.20 Å². The van der Waals surface area contributed by atoms with Crippen molar-refractivity contribution in [2.24, 2.45) is 9.36 Å². The average Bonchev–Trinajstić information content (AvgIpc) is 2.33. The topological polar surface area (TPSA) is 78.1 Å². The molecule has 0 saturated heterocycles. The van der Waals surface area contributed by atoms with Crippen LogP contribution in [0.4, 0.5) is 20.2 Å². The lowest BCUT2D eigenvalue weighted by Crippen LogP contribution is -2.07. The summed E-state index contributed by atoms with van der Waals surface area (Å²) in [6.45, 7) is -3.10. The Morgan fingerprint density at radius 1 is 1.41 bits per heavy atom. The number of aliphatic imine (C=N–C) groups is 1. The molecule has 0 fully saturated rings. The van der Waals surface area contributed by atoms with E-state index in [2.05, 4.69) is 14.1 Å². The Hall–Kier alpha value is -2.21. The van der Waals surface area contributed by atoms with Crippen LogP contribution < -0.4 is 4.74 Å². The SMILES string of the molecule is CN(C)/C=N\c1cc(N=S(C)(C)=O)cc(OC(F)F)c1C#N. The average molecular weight is 330 g/mol. The molecule has 0 aliphatic heterocycles. The fraction of sp³-hybridized carbons (Fsp3) is 0.385. The zero-order valence-corrected chi connectivity index (χ0v) is 13.4. The molecule has 120 valence electrons. The quantitative estimate of drug-likeness (QED) is 0.614. The Morgan fingerprint density at radius 2 is 2.05 bits per heavy atom. The highest BCUT2D eigenvalue weighted by atomic mass is 32.2. The molecule has 1 rings (SSSR count). The third kappa shape index (κ3) is 5.65. The first-order valence-electron chi connectivity index (χ1n) is 6.03. The van der Waals surface area contributed by atoms with Crippen LogP contribution in [-0.4, -0.2) is 48.7 Å². The molecule has 0 spiro atoms. The number of ether oxygens (including phenoxy) is 1. The van der Waals surface area contributed by atoms with Gasteiger partial charge >= 0.3 is 6.61 Å². The molecule has 9 heteroatoms. The molecular formula is C13H16F2N4O2S. The molecule has 6 nitrogen and oxygen atoms in total. The van der Waals surface area contributed by atoms with Crippen LogP contribution in [0.15, 0.2) is 21.5 Å². The van der Waals surface area contributed by atoms with Crippen molar-refractivity contribution in [2.75, 3.05) is 26.6 Å². The second-order valence-corrected chi connectivity index (χ2v) is 7.35. The molecule has 0 aliphatic carbocycles. The van der Waals surface area contributed by atoms with Gasteiger partial charge in [-0.2, -0.15) is 18.4 Å². The van der Waals surface area contributed by atoms with Crippen LogP contribution in [-0.2, 0) is 9.73 Å². The van der Waals surface area contributed by atoms with E-state index in [0.29, 0.717) is 0 Å². The number of hydrogen-bond donors (Lipinski definition) is 0. The van der Waals surface area contributed by atoms with Gasteiger partial charge in [0.2, 0.25) is 0 Å². The zero-order valence-electron chi connectivity index (χ0n) is 12.6. The standard InChI is InChI=1S/C13H16F2N4O2S/c1-19(2)8-17-11-5-9(18-22(3,4)20)6-12(10(11)7-16)21-13(14)15/h5-6,8,13H,1-4H3/b17-8-. The first kappa shape index (κ1) is 17.8. The second-order valence-electron chi connectivity index (χ2n) is 4.81. The third-order valence-corrected chi connectivity index (χ3v) is 2.80. The summed E-state index contributed by atoms with van der Waals surface area (Å²) < 4.78 is 45.0. The largest absolute Gasteiger partial charge is 0.433 e. The molecule has 22 heavy (non-hydrogen) atoms. The Labute approximate surface area is 128 Å². The van der Waals surface area contributed by atoms with E-state index in [1.807, 2.05) is 0 Å². The van der Waals surface area contributed by atoms with Crippen LogP contribution in [0.1, 0.15) is 5.56 Å². The van der Waals surface area contributed by atoms with Crippen LogP contribution >= 0.6 is 0 Å². The van der Waals surface area contributed by atoms with Gasteiger partial charge in [0.25, 0.3) is 0 Å². The normalized spacial score (nSPS) is 11.5. The van der Waals surface area contributed by atoms with E-state index in [0.717, 1.165) is 6.07 Å². The molecule has 0 saturated carbocycles. The lowest BCUT2D eigenvalue weighted by atomic mass is 10.1. The Balaban J connectivity index is 3.55.